The van der Waals surface area contributed by atoms with Gasteiger partial charge in [-0.25, -0.2) is 9.46 Å². The SMILES string of the molecule is CC[C@@H]1[C@H](OP(OCCC#N)N(C(C)C)C(C)C)[C@@H](COC(c2ccccc2)(c2ccc(OC)cc2)c2ccc(OC)cc2)O[C@H]1n1ccc(NC(C)=O)nc1=O. The number of aromatic nitrogens is 2. The first-order valence-corrected chi connectivity index (χ1v) is 20.4. The third kappa shape index (κ3) is 10.1. The molecule has 14 heteroatoms. The highest BCUT2D eigenvalue weighted by Crippen LogP contribution is 2.52. The lowest BCUT2D eigenvalue weighted by Gasteiger charge is -2.39. The van der Waals surface area contributed by atoms with E-state index >= 15 is 0 Å². The standard InChI is InChI=1S/C43H54N5O8P/c1-9-37-40(56-57(54-27-13-25-44)48(29(2)3)30(4)5)38(55-41(37)47-26-24-39(45-31(6)49)46-42(47)50)28-53-43(32-14-11-10-12-15-32,33-16-20-35(51-7)21-17-33)34-18-22-36(52-8)23-19-34/h10-12,14-24,26,29-30,37-38,40-41H,9,13,27-28H2,1-8H3,(H,45,46,49,50)/t37-,38-,40+,41-,57?/m1/s1. The smallest absolute Gasteiger partial charge is 0.351 e. The molecule has 1 saturated heterocycles. The third-order valence-corrected chi connectivity index (χ3v) is 12.0. The van der Waals surface area contributed by atoms with E-state index in [2.05, 4.69) is 48.7 Å². The van der Waals surface area contributed by atoms with Crippen molar-refractivity contribution < 1.29 is 32.8 Å². The van der Waals surface area contributed by atoms with Crippen molar-refractivity contribution in [1.29, 1.82) is 5.26 Å². The predicted octanol–water partition coefficient (Wildman–Crippen LogP) is 7.81. The first-order valence-electron chi connectivity index (χ1n) is 19.2. The van der Waals surface area contributed by atoms with Gasteiger partial charge in [-0.3, -0.25) is 9.36 Å². The molecule has 2 heterocycles. The fraction of sp³-hybridized carbons (Fsp3) is 0.442. The molecule has 4 aromatic rings. The molecular weight excluding hydrogens is 745 g/mol. The van der Waals surface area contributed by atoms with E-state index in [9.17, 15) is 14.9 Å². The molecule has 57 heavy (non-hydrogen) atoms. The van der Waals surface area contributed by atoms with Crippen molar-refractivity contribution in [3.63, 3.8) is 0 Å². The maximum Gasteiger partial charge on any atom is 0.351 e. The van der Waals surface area contributed by atoms with Crippen LogP contribution in [0, 0.1) is 17.2 Å². The molecule has 1 aliphatic heterocycles. The number of ether oxygens (including phenoxy) is 4. The molecule has 13 nitrogen and oxygen atoms in total. The van der Waals surface area contributed by atoms with Crippen LogP contribution in [0.5, 0.6) is 11.5 Å². The fourth-order valence-corrected chi connectivity index (χ4v) is 9.12. The number of amides is 1. The van der Waals surface area contributed by atoms with Gasteiger partial charge in [0.2, 0.25) is 5.91 Å². The Hall–Kier alpha value is -4.67. The van der Waals surface area contributed by atoms with Crippen LogP contribution in [-0.2, 0) is 28.9 Å². The molecule has 3 aromatic carbocycles. The molecule has 0 bridgehead atoms. The van der Waals surface area contributed by atoms with E-state index in [1.54, 1.807) is 26.5 Å². The Balaban J connectivity index is 1.65. The first-order chi connectivity index (χ1) is 27.5. The van der Waals surface area contributed by atoms with Crippen LogP contribution in [0.4, 0.5) is 5.82 Å². The molecule has 1 N–H and O–H groups in total. The summed E-state index contributed by atoms with van der Waals surface area (Å²) in [5.41, 5.74) is 0.836. The predicted molar refractivity (Wildman–Crippen MR) is 219 cm³/mol. The minimum atomic E-state index is -1.71. The van der Waals surface area contributed by atoms with Crippen LogP contribution in [0.3, 0.4) is 0 Å². The number of rotatable bonds is 19. The molecule has 1 fully saturated rings. The summed E-state index contributed by atoms with van der Waals surface area (Å²) in [6.07, 6.45) is 0.207. The summed E-state index contributed by atoms with van der Waals surface area (Å²) in [6.45, 7) is 11.9. The summed E-state index contributed by atoms with van der Waals surface area (Å²) in [5.74, 6) is 0.848. The minimum absolute atomic E-state index is 0.0293. The number of hydrogen-bond donors (Lipinski definition) is 1. The van der Waals surface area contributed by atoms with Gasteiger partial charge in [-0.05, 0) is 81.1 Å². The van der Waals surface area contributed by atoms with Crippen LogP contribution in [0.25, 0.3) is 0 Å². The fourth-order valence-electron chi connectivity index (χ4n) is 7.32. The van der Waals surface area contributed by atoms with Gasteiger partial charge in [0, 0.05) is 31.1 Å². The normalized spacial score (nSPS) is 18.8. The number of anilines is 1. The van der Waals surface area contributed by atoms with Crippen molar-refractivity contribution in [2.75, 3.05) is 32.8 Å². The molecule has 5 rings (SSSR count). The molecule has 1 aliphatic rings. The van der Waals surface area contributed by atoms with E-state index in [4.69, 9.17) is 28.0 Å². The Morgan fingerprint density at radius 3 is 2.02 bits per heavy atom. The Morgan fingerprint density at radius 2 is 1.53 bits per heavy atom. The zero-order valence-electron chi connectivity index (χ0n) is 34.0. The quantitative estimate of drug-likeness (QED) is 0.0563. The highest BCUT2D eigenvalue weighted by atomic mass is 31.2. The van der Waals surface area contributed by atoms with Crippen LogP contribution in [0.2, 0.25) is 0 Å². The maximum absolute atomic E-state index is 13.6. The maximum atomic E-state index is 13.6. The van der Waals surface area contributed by atoms with Gasteiger partial charge in [0.05, 0.1) is 39.9 Å². The number of methoxy groups -OCH3 is 2. The molecular formula is C43H54N5O8P. The first kappa shape index (κ1) is 43.5. The molecule has 304 valence electrons. The second-order valence-electron chi connectivity index (χ2n) is 14.3. The lowest BCUT2D eigenvalue weighted by Crippen LogP contribution is -2.41. The summed E-state index contributed by atoms with van der Waals surface area (Å²) < 4.78 is 42.4. The monoisotopic (exact) mass is 799 g/mol. The second kappa shape index (κ2) is 20.1. The molecule has 1 unspecified atom stereocenters. The minimum Gasteiger partial charge on any atom is -0.497 e. The summed E-state index contributed by atoms with van der Waals surface area (Å²) in [4.78, 5) is 29.5. The van der Waals surface area contributed by atoms with Gasteiger partial charge < -0.3 is 33.3 Å². The lowest BCUT2D eigenvalue weighted by atomic mass is 9.80. The highest BCUT2D eigenvalue weighted by Gasteiger charge is 2.50. The zero-order valence-corrected chi connectivity index (χ0v) is 34.8. The Kier molecular flexibility index (Phi) is 15.4. The number of nitrogens with zero attached hydrogens (tertiary/aromatic N) is 4. The summed E-state index contributed by atoms with van der Waals surface area (Å²) in [6, 6.07) is 29.4. The van der Waals surface area contributed by atoms with E-state index < -0.39 is 38.3 Å². The summed E-state index contributed by atoms with van der Waals surface area (Å²) >= 11 is 0. The highest BCUT2D eigenvalue weighted by molar-refractivity contribution is 7.44. The molecule has 0 saturated carbocycles. The van der Waals surface area contributed by atoms with E-state index in [-0.39, 0.29) is 49.4 Å². The number of nitrogens with one attached hydrogen (secondary N) is 1. The molecule has 5 atom stereocenters. The lowest BCUT2D eigenvalue weighted by molar-refractivity contribution is -0.114. The van der Waals surface area contributed by atoms with Crippen LogP contribution >= 0.6 is 8.53 Å². The van der Waals surface area contributed by atoms with E-state index in [1.807, 2.05) is 85.8 Å². The number of benzene rings is 3. The van der Waals surface area contributed by atoms with Crippen LogP contribution in [-0.4, -0.2) is 71.9 Å². The van der Waals surface area contributed by atoms with Gasteiger partial charge in [-0.1, -0.05) is 61.5 Å². The third-order valence-electron chi connectivity index (χ3n) is 9.86. The van der Waals surface area contributed by atoms with Crippen LogP contribution in [0.15, 0.2) is 95.9 Å². The Labute approximate surface area is 336 Å². The summed E-state index contributed by atoms with van der Waals surface area (Å²) in [5, 5.41) is 12.0. The van der Waals surface area contributed by atoms with Gasteiger partial charge in [0.25, 0.3) is 8.53 Å². The largest absolute Gasteiger partial charge is 0.497 e. The van der Waals surface area contributed by atoms with Crippen LogP contribution < -0.4 is 20.5 Å². The van der Waals surface area contributed by atoms with Crippen molar-refractivity contribution in [3.8, 4) is 17.6 Å². The average molecular weight is 800 g/mol. The van der Waals surface area contributed by atoms with Gasteiger partial charge in [0.15, 0.2) is 0 Å². The van der Waals surface area contributed by atoms with Gasteiger partial charge in [0.1, 0.15) is 41.4 Å². The van der Waals surface area contributed by atoms with Gasteiger partial charge in [-0.15, -0.1) is 0 Å². The molecule has 1 aromatic heterocycles. The van der Waals surface area contributed by atoms with Gasteiger partial charge in [-0.2, -0.15) is 10.2 Å². The second-order valence-corrected chi connectivity index (χ2v) is 15.7. The summed E-state index contributed by atoms with van der Waals surface area (Å²) in [7, 11) is 1.55. The number of hydrogen-bond acceptors (Lipinski definition) is 11. The van der Waals surface area contributed by atoms with E-state index in [0.717, 1.165) is 16.7 Å². The number of carbonyl (C=O) groups excluding carboxylic acids is 1. The Bertz CT molecular complexity index is 1930. The topological polar surface area (TPSA) is 146 Å². The van der Waals surface area contributed by atoms with Crippen molar-refractivity contribution in [2.45, 2.75) is 90.5 Å². The van der Waals surface area contributed by atoms with Crippen molar-refractivity contribution in [1.82, 2.24) is 14.2 Å². The van der Waals surface area contributed by atoms with Crippen molar-refractivity contribution >= 4 is 20.3 Å². The van der Waals surface area contributed by atoms with Crippen molar-refractivity contribution in [3.05, 3.63) is 118 Å². The van der Waals surface area contributed by atoms with E-state index in [0.29, 0.717) is 17.9 Å². The van der Waals surface area contributed by atoms with E-state index in [1.165, 1.54) is 11.5 Å². The molecule has 0 radical (unpaired) electrons. The van der Waals surface area contributed by atoms with Gasteiger partial charge >= 0.3 is 5.69 Å². The van der Waals surface area contributed by atoms with Crippen LogP contribution in [0.1, 0.15) is 77.3 Å². The zero-order chi connectivity index (χ0) is 41.1. The average Bonchev–Trinajstić information content (AvgIpc) is 3.54. The molecule has 0 spiro atoms. The number of carbonyl (C=O) groups is 1. The number of nitriles is 1. The molecule has 0 aliphatic carbocycles. The van der Waals surface area contributed by atoms with Crippen molar-refractivity contribution in [2.24, 2.45) is 5.92 Å². The molecule has 1 amide bonds. The Morgan fingerprint density at radius 1 is 0.947 bits per heavy atom.